The second-order valence-corrected chi connectivity index (χ2v) is 4.84. The number of nitrogens with zero attached hydrogens (tertiary/aromatic N) is 1. The van der Waals surface area contributed by atoms with Crippen molar-refractivity contribution in [1.29, 1.82) is 0 Å². The van der Waals surface area contributed by atoms with Crippen LogP contribution in [0.15, 0.2) is 24.3 Å². The van der Waals surface area contributed by atoms with Crippen LogP contribution in [0.4, 0.5) is 0 Å². The third-order valence-electron chi connectivity index (χ3n) is 1.13. The molecule has 4 heteroatoms. The summed E-state index contributed by atoms with van der Waals surface area (Å²) in [6.45, 7) is 0. The van der Waals surface area contributed by atoms with Crippen molar-refractivity contribution in [2.75, 3.05) is 0 Å². The van der Waals surface area contributed by atoms with Gasteiger partial charge in [-0.15, -0.1) is 0 Å². The first kappa shape index (κ1) is 8.15. The van der Waals surface area contributed by atoms with E-state index >= 15 is 0 Å². The first-order valence-corrected chi connectivity index (χ1v) is 6.21. The van der Waals surface area contributed by atoms with Gasteiger partial charge in [-0.3, -0.25) is 0 Å². The summed E-state index contributed by atoms with van der Waals surface area (Å²) in [6.07, 6.45) is 0. The fraction of sp³-hybridized carbons (Fsp3) is 0. The maximum absolute atomic E-state index is 4.32. The van der Waals surface area contributed by atoms with Crippen LogP contribution in [-0.4, -0.2) is 17.6 Å². The van der Waals surface area contributed by atoms with Crippen molar-refractivity contribution < 1.29 is 12.4 Å². The molecule has 0 aliphatic heterocycles. The summed E-state index contributed by atoms with van der Waals surface area (Å²) in [6, 6.07) is 8.28. The summed E-state index contributed by atoms with van der Waals surface area (Å²) in [5.41, 5.74) is 1.18. The number of rotatable bonds is 0. The zero-order valence-electron chi connectivity index (χ0n) is 4.95. The number of fused-ring (bicyclic) bond motifs is 1. The van der Waals surface area contributed by atoms with Gasteiger partial charge in [0.2, 0.25) is 0 Å². The molecule has 0 spiro atoms. The molecule has 0 amide bonds. The molecule has 1 aromatic carbocycles. The van der Waals surface area contributed by atoms with Crippen LogP contribution in [0.1, 0.15) is 0 Å². The zero-order valence-corrected chi connectivity index (χ0v) is 8.24. The molecule has 1 heterocycles. The van der Waals surface area contributed by atoms with Crippen LogP contribution in [0.2, 0.25) is 0 Å². The third-order valence-corrected chi connectivity index (χ3v) is 4.28. The quantitative estimate of drug-likeness (QED) is 0.407. The molecule has 1 aromatic heterocycles. The van der Waals surface area contributed by atoms with Gasteiger partial charge in [-0.1, -0.05) is 0 Å². The normalized spacial score (nSPS) is 9.20. The number of hydrogen-bond donors (Lipinski definition) is 0. The van der Waals surface area contributed by atoms with E-state index in [9.17, 15) is 0 Å². The molecule has 0 saturated carbocycles. The van der Waals surface area contributed by atoms with Crippen molar-refractivity contribution in [3.63, 3.8) is 0 Å². The Bertz CT molecular complexity index is 292. The molecule has 0 aliphatic carbocycles. The van der Waals surface area contributed by atoms with Crippen molar-refractivity contribution in [3.05, 3.63) is 24.3 Å². The van der Waals surface area contributed by atoms with Crippen molar-refractivity contribution in [1.82, 2.24) is 3.98 Å². The fourth-order valence-corrected chi connectivity index (χ4v) is 3.83. The Labute approximate surface area is 74.2 Å². The minimum absolute atomic E-state index is 0. The Morgan fingerprint density at radius 2 is 2.10 bits per heavy atom. The van der Waals surface area contributed by atoms with E-state index in [1.165, 1.54) is 10.2 Å². The number of aromatic nitrogens is 1. The Balaban J connectivity index is 0.000000500. The number of halogens is 1. The van der Waals surface area contributed by atoms with Gasteiger partial charge in [-0.25, -0.2) is 0 Å². The second kappa shape index (κ2) is 3.44. The van der Waals surface area contributed by atoms with Crippen LogP contribution >= 0.6 is 9.72 Å². The average molecular weight is 237 g/mol. The molecule has 52 valence electrons. The van der Waals surface area contributed by atoms with Crippen LogP contribution in [0.5, 0.6) is 0 Å². The monoisotopic (exact) mass is 237 g/mol. The van der Waals surface area contributed by atoms with Gasteiger partial charge in [0.05, 0.1) is 0 Å². The van der Waals surface area contributed by atoms with E-state index in [-0.39, 0.29) is 12.4 Å². The van der Waals surface area contributed by atoms with E-state index in [1.807, 2.05) is 15.8 Å². The predicted octanol–water partition coefficient (Wildman–Crippen LogP) is -1.36. The molecule has 0 N–H and O–H groups in total. The van der Waals surface area contributed by atoms with Crippen molar-refractivity contribution in [2.24, 2.45) is 0 Å². The predicted molar refractivity (Wildman–Crippen MR) is 41.0 cm³/mol. The Morgan fingerprint density at radius 3 is 2.90 bits per heavy atom. The van der Waals surface area contributed by atoms with Crippen LogP contribution in [0.3, 0.4) is 0 Å². The van der Waals surface area contributed by atoms with Gasteiger partial charge in [0, 0.05) is 0 Å². The number of benzene rings is 1. The van der Waals surface area contributed by atoms with Crippen molar-refractivity contribution in [2.45, 2.75) is 0 Å². The van der Waals surface area contributed by atoms with E-state index in [1.54, 1.807) is 0 Å². The van der Waals surface area contributed by atoms with Gasteiger partial charge in [0.1, 0.15) is 0 Å². The molecule has 2 rings (SSSR count). The van der Waals surface area contributed by atoms with Gasteiger partial charge in [-0.2, -0.15) is 0 Å². The maximum atomic E-state index is 4.32. The van der Waals surface area contributed by atoms with Gasteiger partial charge in [-0.05, 0) is 0 Å². The Kier molecular flexibility index (Phi) is 2.81. The first-order chi connectivity index (χ1) is 4.47. The molecule has 0 saturated heterocycles. The third kappa shape index (κ3) is 1.38. The minimum atomic E-state index is 0. The van der Waals surface area contributed by atoms with Gasteiger partial charge in [0.15, 0.2) is 0 Å². The summed E-state index contributed by atoms with van der Waals surface area (Å²) in [4.78, 5) is 0. The van der Waals surface area contributed by atoms with Crippen LogP contribution in [-0.2, 0) is 0 Å². The number of hydrogen-bond acceptors (Lipinski definition) is 1. The summed E-state index contributed by atoms with van der Waals surface area (Å²) in [5.74, 6) is 0. The van der Waals surface area contributed by atoms with E-state index in [4.69, 9.17) is 0 Å². The molecule has 1 nitrogen and oxygen atoms in total. The molecule has 0 unspecified atom stereocenters. The summed E-state index contributed by atoms with van der Waals surface area (Å²) >= 11 is 0.420. The molecular weight excluding hydrogens is 233 g/mol. The molecule has 0 aliphatic rings. The average Bonchev–Trinajstić information content (AvgIpc) is 2.33. The first-order valence-electron chi connectivity index (χ1n) is 2.60. The molecule has 0 radical (unpaired) electrons. The van der Waals surface area contributed by atoms with Gasteiger partial charge >= 0.3 is 61.8 Å². The zero-order chi connectivity index (χ0) is 6.10. The van der Waals surface area contributed by atoms with Crippen LogP contribution < -0.4 is 12.4 Å². The second-order valence-electron chi connectivity index (χ2n) is 1.72. The molecule has 0 bridgehead atoms. The molecule has 0 atom stereocenters. The van der Waals surface area contributed by atoms with Crippen LogP contribution in [0.25, 0.3) is 10.2 Å². The van der Waals surface area contributed by atoms with Gasteiger partial charge in [0.25, 0.3) is 0 Å². The van der Waals surface area contributed by atoms with Crippen LogP contribution in [0, 0.1) is 0 Å². The summed E-state index contributed by atoms with van der Waals surface area (Å²) in [7, 11) is 1.86. The Hall–Kier alpha value is 0.0495. The fourth-order valence-electron chi connectivity index (χ4n) is 0.702. The van der Waals surface area contributed by atoms with E-state index in [0.29, 0.717) is 13.6 Å². The summed E-state index contributed by atoms with van der Waals surface area (Å²) < 4.78 is 5.67. The van der Waals surface area contributed by atoms with E-state index in [2.05, 4.69) is 22.2 Å². The van der Waals surface area contributed by atoms with Crippen molar-refractivity contribution >= 4 is 33.5 Å². The molecular formula is C6H4ClNSSe. The standard InChI is InChI=1S/C6H4NSSe.ClH/c1-2-4-6-5(3-1)7-9-8-6;/h1-4H;1H/q+1;/p-1. The SMILES string of the molecule is [Cl-].c1ccc2[s+][se]nc2c1. The van der Waals surface area contributed by atoms with E-state index in [0.717, 1.165) is 0 Å². The Morgan fingerprint density at radius 1 is 1.30 bits per heavy atom. The molecule has 10 heavy (non-hydrogen) atoms. The van der Waals surface area contributed by atoms with Gasteiger partial charge < -0.3 is 12.4 Å². The summed E-state index contributed by atoms with van der Waals surface area (Å²) in [5, 5.41) is 0. The molecule has 0 fully saturated rings. The van der Waals surface area contributed by atoms with Crippen molar-refractivity contribution in [3.8, 4) is 0 Å². The topological polar surface area (TPSA) is 12.9 Å². The molecule has 2 aromatic rings. The van der Waals surface area contributed by atoms with E-state index < -0.39 is 0 Å².